The van der Waals surface area contributed by atoms with Crippen molar-refractivity contribution in [3.63, 3.8) is 0 Å². The number of aromatic nitrogens is 4. The summed E-state index contributed by atoms with van der Waals surface area (Å²) in [5.41, 5.74) is 7.63. The molecule has 0 radical (unpaired) electrons. The number of H-pyrrole nitrogens is 1. The number of aromatic amines is 1. The third-order valence-corrected chi connectivity index (χ3v) is 7.15. The maximum absolute atomic E-state index is 13.6. The van der Waals surface area contributed by atoms with Gasteiger partial charge in [0.05, 0.1) is 12.2 Å². The van der Waals surface area contributed by atoms with Gasteiger partial charge in [-0.2, -0.15) is 13.5 Å². The van der Waals surface area contributed by atoms with E-state index in [-0.39, 0.29) is 6.54 Å². The van der Waals surface area contributed by atoms with Gasteiger partial charge in [-0.1, -0.05) is 12.1 Å². The third-order valence-electron chi connectivity index (χ3n) is 7.15. The van der Waals surface area contributed by atoms with Crippen molar-refractivity contribution in [3.05, 3.63) is 89.9 Å². The van der Waals surface area contributed by atoms with Crippen LogP contribution in [-0.4, -0.2) is 48.3 Å². The van der Waals surface area contributed by atoms with Gasteiger partial charge in [0.25, 0.3) is 0 Å². The Balaban J connectivity index is 0.00000103. The Morgan fingerprint density at radius 3 is 2.50 bits per heavy atom. The molecule has 1 aliphatic rings. The molecular formula is C29H28F2N6O2S. The van der Waals surface area contributed by atoms with E-state index in [1.165, 1.54) is 17.7 Å². The maximum Gasteiger partial charge on any atom is 0.335 e. The van der Waals surface area contributed by atoms with Crippen LogP contribution in [-0.2, 0) is 18.1 Å². The van der Waals surface area contributed by atoms with Gasteiger partial charge in [-0.3, -0.25) is 4.68 Å². The predicted molar refractivity (Wildman–Crippen MR) is 152 cm³/mol. The molecular weight excluding hydrogens is 534 g/mol. The van der Waals surface area contributed by atoms with Crippen LogP contribution in [0.1, 0.15) is 29.9 Å². The van der Waals surface area contributed by atoms with Crippen molar-refractivity contribution in [1.82, 2.24) is 25.1 Å². The quantitative estimate of drug-likeness (QED) is 0.261. The second-order valence-corrected chi connectivity index (χ2v) is 9.78. The fourth-order valence-electron chi connectivity index (χ4n) is 5.30. The lowest BCUT2D eigenvalue weighted by Gasteiger charge is -2.25. The molecule has 1 fully saturated rings. The summed E-state index contributed by atoms with van der Waals surface area (Å²) < 4.78 is 45.4. The molecule has 1 saturated heterocycles. The van der Waals surface area contributed by atoms with Crippen molar-refractivity contribution in [2.24, 2.45) is 0 Å². The first-order valence-electron chi connectivity index (χ1n) is 12.9. The van der Waals surface area contributed by atoms with E-state index in [4.69, 9.17) is 8.42 Å². The summed E-state index contributed by atoms with van der Waals surface area (Å²) in [6, 6.07) is 14.2. The lowest BCUT2D eigenvalue weighted by atomic mass is 9.88. The highest BCUT2D eigenvalue weighted by Crippen LogP contribution is 2.36. The fourth-order valence-corrected chi connectivity index (χ4v) is 5.30. The normalized spacial score (nSPS) is 13.6. The Hall–Kier alpha value is -4.22. The fraction of sp³-hybridized carbons (Fsp3) is 0.241. The zero-order valence-corrected chi connectivity index (χ0v) is 22.6. The van der Waals surface area contributed by atoms with Crippen LogP contribution in [0.15, 0.2) is 67.1 Å². The number of anilines is 1. The van der Waals surface area contributed by atoms with E-state index in [1.54, 1.807) is 4.68 Å². The molecule has 206 valence electrons. The molecule has 0 spiro atoms. The molecule has 11 heteroatoms. The second kappa shape index (κ2) is 12.3. The maximum atomic E-state index is 13.6. The van der Waals surface area contributed by atoms with Crippen LogP contribution in [0.4, 0.5) is 14.5 Å². The third kappa shape index (κ3) is 6.00. The van der Waals surface area contributed by atoms with Crippen molar-refractivity contribution in [1.29, 1.82) is 0 Å². The molecule has 0 saturated carbocycles. The van der Waals surface area contributed by atoms with Crippen molar-refractivity contribution in [2.45, 2.75) is 25.3 Å². The van der Waals surface area contributed by atoms with E-state index in [2.05, 4.69) is 50.0 Å². The van der Waals surface area contributed by atoms with Gasteiger partial charge in [0.1, 0.15) is 17.3 Å². The summed E-state index contributed by atoms with van der Waals surface area (Å²) >= 11 is -0.750. The zero-order valence-electron chi connectivity index (χ0n) is 21.8. The summed E-state index contributed by atoms with van der Waals surface area (Å²) in [7, 11) is 1.98. The molecule has 2 aromatic carbocycles. The summed E-state index contributed by atoms with van der Waals surface area (Å²) in [4.78, 5) is 7.90. The van der Waals surface area contributed by atoms with Gasteiger partial charge in [0.2, 0.25) is 0 Å². The molecule has 0 bridgehead atoms. The standard InChI is InChI=1S/C29H28F2N6.O2S/c1-32-28-13-20(2-3-24(28)19-4-7-33-8-5-19)21-12-25-26(16-35-29(25)34-15-21)27-6-9-37(36-27)17-18-10-22(30)14-23(31)11-18;1-3-2/h2-3,6,9-16,19,32-33H,4-5,7-8,17H2,1H3,(H,34,35);. The zero-order chi connectivity index (χ0) is 28.1. The van der Waals surface area contributed by atoms with Crippen LogP contribution >= 0.6 is 0 Å². The number of rotatable bonds is 6. The smallest absolute Gasteiger partial charge is 0.335 e. The number of benzene rings is 2. The lowest BCUT2D eigenvalue weighted by Crippen LogP contribution is -2.27. The van der Waals surface area contributed by atoms with Crippen molar-refractivity contribution in [2.75, 3.05) is 25.5 Å². The van der Waals surface area contributed by atoms with Crippen molar-refractivity contribution >= 4 is 28.3 Å². The first-order valence-corrected chi connectivity index (χ1v) is 13.6. The molecule has 4 heterocycles. The molecule has 40 heavy (non-hydrogen) atoms. The molecule has 1 aliphatic heterocycles. The summed E-state index contributed by atoms with van der Waals surface area (Å²) in [6.07, 6.45) is 7.89. The van der Waals surface area contributed by atoms with Crippen LogP contribution in [0.5, 0.6) is 0 Å². The molecule has 3 N–H and O–H groups in total. The SMILES string of the molecule is CNc1cc(-c2cnc3[nH]cc(-c4ccn(Cc5cc(F)cc(F)c5)n4)c3c2)ccc1C1CCNCC1.O=S=O. The number of piperidine rings is 1. The highest BCUT2D eigenvalue weighted by Gasteiger charge is 2.19. The Labute approximate surface area is 233 Å². The van der Waals surface area contributed by atoms with Gasteiger partial charge in [0, 0.05) is 53.9 Å². The Morgan fingerprint density at radius 2 is 1.77 bits per heavy atom. The van der Waals surface area contributed by atoms with Gasteiger partial charge < -0.3 is 15.6 Å². The topological polar surface area (TPSA) is 105 Å². The second-order valence-electron chi connectivity index (χ2n) is 9.64. The number of halogens is 2. The Kier molecular flexibility index (Phi) is 8.42. The monoisotopic (exact) mass is 562 g/mol. The largest absolute Gasteiger partial charge is 0.388 e. The van der Waals surface area contributed by atoms with E-state index >= 15 is 0 Å². The van der Waals surface area contributed by atoms with Crippen molar-refractivity contribution in [3.8, 4) is 22.4 Å². The van der Waals surface area contributed by atoms with Crippen LogP contribution in [0.25, 0.3) is 33.4 Å². The van der Waals surface area contributed by atoms with Gasteiger partial charge in [-0.05, 0) is 78.9 Å². The van der Waals surface area contributed by atoms with E-state index < -0.39 is 23.2 Å². The number of hydrogen-bond acceptors (Lipinski definition) is 6. The molecule has 3 aromatic heterocycles. The minimum Gasteiger partial charge on any atom is -0.388 e. The first kappa shape index (κ1) is 27.4. The molecule has 0 aliphatic carbocycles. The number of fused-ring (bicyclic) bond motifs is 1. The van der Waals surface area contributed by atoms with E-state index in [0.717, 1.165) is 71.1 Å². The van der Waals surface area contributed by atoms with E-state index in [0.29, 0.717) is 11.5 Å². The average molecular weight is 563 g/mol. The number of nitrogens with zero attached hydrogens (tertiary/aromatic N) is 3. The molecule has 0 amide bonds. The minimum atomic E-state index is -0.750. The minimum absolute atomic E-state index is 0.275. The van der Waals surface area contributed by atoms with E-state index in [9.17, 15) is 8.78 Å². The van der Waals surface area contributed by atoms with Crippen LogP contribution in [0, 0.1) is 11.6 Å². The van der Waals surface area contributed by atoms with Gasteiger partial charge in [-0.25, -0.2) is 13.8 Å². The summed E-state index contributed by atoms with van der Waals surface area (Å²) in [5, 5.41) is 12.5. The first-order chi connectivity index (χ1) is 19.5. The number of hydrogen-bond donors (Lipinski definition) is 3. The van der Waals surface area contributed by atoms with Gasteiger partial charge in [-0.15, -0.1) is 0 Å². The Morgan fingerprint density at radius 1 is 1.02 bits per heavy atom. The van der Waals surface area contributed by atoms with Gasteiger partial charge in [0.15, 0.2) is 0 Å². The van der Waals surface area contributed by atoms with Crippen molar-refractivity contribution < 1.29 is 17.2 Å². The molecule has 0 atom stereocenters. The molecule has 6 rings (SSSR count). The van der Waals surface area contributed by atoms with E-state index in [1.807, 2.05) is 31.7 Å². The average Bonchev–Trinajstić information content (AvgIpc) is 3.59. The summed E-state index contributed by atoms with van der Waals surface area (Å²) in [5.74, 6) is -0.626. The van der Waals surface area contributed by atoms with Crippen LogP contribution in [0.2, 0.25) is 0 Å². The molecule has 8 nitrogen and oxygen atoms in total. The lowest BCUT2D eigenvalue weighted by molar-refractivity contribution is 0.461. The van der Waals surface area contributed by atoms with Crippen LogP contribution in [0.3, 0.4) is 0 Å². The molecule has 5 aromatic rings. The van der Waals surface area contributed by atoms with Crippen LogP contribution < -0.4 is 10.6 Å². The van der Waals surface area contributed by atoms with Gasteiger partial charge >= 0.3 is 11.6 Å². The highest BCUT2D eigenvalue weighted by molar-refractivity contribution is 7.51. The molecule has 0 unspecified atom stereocenters. The summed E-state index contributed by atoms with van der Waals surface area (Å²) in [6.45, 7) is 2.39. The predicted octanol–water partition coefficient (Wildman–Crippen LogP) is 5.26. The number of pyridine rings is 1. The highest BCUT2D eigenvalue weighted by atomic mass is 32.1. The number of nitrogens with one attached hydrogen (secondary N) is 3. The Bertz CT molecular complexity index is 1650.